The fourth-order valence-electron chi connectivity index (χ4n) is 1.34. The molecular formula is C12H18N2O4. The van der Waals surface area contributed by atoms with E-state index in [1.54, 1.807) is 18.2 Å². The van der Waals surface area contributed by atoms with Gasteiger partial charge in [-0.2, -0.15) is 0 Å². The zero-order chi connectivity index (χ0) is 13.4. The summed E-state index contributed by atoms with van der Waals surface area (Å²) in [6, 6.07) is 5.02. The summed E-state index contributed by atoms with van der Waals surface area (Å²) >= 11 is 0. The van der Waals surface area contributed by atoms with E-state index in [0.717, 1.165) is 0 Å². The predicted molar refractivity (Wildman–Crippen MR) is 66.5 cm³/mol. The fourth-order valence-corrected chi connectivity index (χ4v) is 1.34. The number of carbonyl (C=O) groups excluding carboxylic acids is 1. The van der Waals surface area contributed by atoms with Gasteiger partial charge in [0.25, 0.3) is 5.91 Å². The Kier molecular flexibility index (Phi) is 5.96. The van der Waals surface area contributed by atoms with Crippen LogP contribution >= 0.6 is 0 Å². The number of ether oxygens (including phenoxy) is 2. The van der Waals surface area contributed by atoms with Crippen LogP contribution in [0.2, 0.25) is 0 Å². The maximum atomic E-state index is 11.3. The van der Waals surface area contributed by atoms with Gasteiger partial charge in [0.1, 0.15) is 0 Å². The molecule has 0 aliphatic rings. The van der Waals surface area contributed by atoms with Gasteiger partial charge in [-0.3, -0.25) is 4.79 Å². The second-order valence-electron chi connectivity index (χ2n) is 3.57. The standard InChI is InChI=1S/C12H18N2O4/c1-17-11-6-9(7-15)2-3-10(11)18-8-12(16)14-5-4-13/h2-3,6,15H,4-5,7-8,13H2,1H3,(H,14,16). The molecule has 4 N–H and O–H groups in total. The van der Waals surface area contributed by atoms with Gasteiger partial charge in [-0.15, -0.1) is 0 Å². The zero-order valence-corrected chi connectivity index (χ0v) is 10.3. The van der Waals surface area contributed by atoms with E-state index in [4.69, 9.17) is 20.3 Å². The normalized spacial score (nSPS) is 9.94. The summed E-state index contributed by atoms with van der Waals surface area (Å²) in [7, 11) is 1.50. The number of rotatable bonds is 7. The van der Waals surface area contributed by atoms with E-state index in [-0.39, 0.29) is 19.1 Å². The van der Waals surface area contributed by atoms with Crippen molar-refractivity contribution in [2.75, 3.05) is 26.8 Å². The van der Waals surface area contributed by atoms with Crippen molar-refractivity contribution in [1.29, 1.82) is 0 Å². The number of benzene rings is 1. The van der Waals surface area contributed by atoms with Gasteiger partial charge in [-0.05, 0) is 17.7 Å². The van der Waals surface area contributed by atoms with Crippen LogP contribution in [0.3, 0.4) is 0 Å². The fraction of sp³-hybridized carbons (Fsp3) is 0.417. The van der Waals surface area contributed by atoms with Gasteiger partial charge in [0.2, 0.25) is 0 Å². The second kappa shape index (κ2) is 7.52. The molecule has 0 saturated heterocycles. The molecule has 0 heterocycles. The zero-order valence-electron chi connectivity index (χ0n) is 10.3. The molecule has 100 valence electrons. The number of hydrogen-bond donors (Lipinski definition) is 3. The highest BCUT2D eigenvalue weighted by Crippen LogP contribution is 2.27. The molecule has 0 aliphatic heterocycles. The van der Waals surface area contributed by atoms with E-state index >= 15 is 0 Å². The summed E-state index contributed by atoms with van der Waals surface area (Å²) in [5.74, 6) is 0.694. The van der Waals surface area contributed by atoms with Gasteiger partial charge in [0, 0.05) is 13.1 Å². The van der Waals surface area contributed by atoms with E-state index in [9.17, 15) is 4.79 Å². The van der Waals surface area contributed by atoms with E-state index in [2.05, 4.69) is 5.32 Å². The maximum absolute atomic E-state index is 11.3. The van der Waals surface area contributed by atoms with E-state index in [0.29, 0.717) is 30.2 Å². The lowest BCUT2D eigenvalue weighted by Gasteiger charge is -2.11. The van der Waals surface area contributed by atoms with Crippen molar-refractivity contribution in [3.8, 4) is 11.5 Å². The number of nitrogens with one attached hydrogen (secondary N) is 1. The molecule has 0 radical (unpaired) electrons. The molecule has 6 heteroatoms. The molecule has 0 saturated carbocycles. The Balaban J connectivity index is 2.58. The van der Waals surface area contributed by atoms with Gasteiger partial charge >= 0.3 is 0 Å². The average Bonchev–Trinajstić information content (AvgIpc) is 2.42. The maximum Gasteiger partial charge on any atom is 0.257 e. The van der Waals surface area contributed by atoms with Crippen LogP contribution in [0.25, 0.3) is 0 Å². The summed E-state index contributed by atoms with van der Waals surface area (Å²) in [4.78, 5) is 11.3. The minimum Gasteiger partial charge on any atom is -0.493 e. The number of methoxy groups -OCH3 is 1. The molecule has 0 unspecified atom stereocenters. The average molecular weight is 254 g/mol. The molecule has 0 atom stereocenters. The van der Waals surface area contributed by atoms with Crippen molar-refractivity contribution >= 4 is 5.91 Å². The largest absolute Gasteiger partial charge is 0.493 e. The predicted octanol–water partition coefficient (Wildman–Crippen LogP) is -0.359. The lowest BCUT2D eigenvalue weighted by Crippen LogP contribution is -2.32. The minimum absolute atomic E-state index is 0.0758. The smallest absolute Gasteiger partial charge is 0.257 e. The Bertz CT molecular complexity index is 396. The van der Waals surface area contributed by atoms with Gasteiger partial charge in [0.15, 0.2) is 18.1 Å². The van der Waals surface area contributed by atoms with Crippen LogP contribution in [0, 0.1) is 0 Å². The molecule has 1 aromatic rings. The quantitative estimate of drug-likeness (QED) is 0.618. The Morgan fingerprint density at radius 1 is 1.44 bits per heavy atom. The van der Waals surface area contributed by atoms with Crippen LogP contribution in [0.4, 0.5) is 0 Å². The molecule has 6 nitrogen and oxygen atoms in total. The number of carbonyl (C=O) groups is 1. The molecule has 1 aromatic carbocycles. The van der Waals surface area contributed by atoms with E-state index in [1.807, 2.05) is 0 Å². The molecule has 0 bridgehead atoms. The lowest BCUT2D eigenvalue weighted by molar-refractivity contribution is -0.123. The summed E-state index contributed by atoms with van der Waals surface area (Å²) in [6.07, 6.45) is 0. The second-order valence-corrected chi connectivity index (χ2v) is 3.57. The third-order valence-electron chi connectivity index (χ3n) is 2.24. The summed E-state index contributed by atoms with van der Waals surface area (Å²) < 4.78 is 10.4. The summed E-state index contributed by atoms with van der Waals surface area (Å²) in [5.41, 5.74) is 5.98. The van der Waals surface area contributed by atoms with E-state index < -0.39 is 0 Å². The SMILES string of the molecule is COc1cc(CO)ccc1OCC(=O)NCCN. The minimum atomic E-state index is -0.242. The van der Waals surface area contributed by atoms with Crippen LogP contribution < -0.4 is 20.5 Å². The monoisotopic (exact) mass is 254 g/mol. The Hall–Kier alpha value is -1.79. The van der Waals surface area contributed by atoms with Gasteiger partial charge in [-0.25, -0.2) is 0 Å². The lowest BCUT2D eigenvalue weighted by atomic mass is 10.2. The Morgan fingerprint density at radius 2 is 2.22 bits per heavy atom. The van der Waals surface area contributed by atoms with Gasteiger partial charge in [-0.1, -0.05) is 6.07 Å². The molecule has 0 spiro atoms. The molecule has 18 heavy (non-hydrogen) atoms. The Labute approximate surface area is 106 Å². The van der Waals surface area contributed by atoms with Crippen molar-refractivity contribution < 1.29 is 19.4 Å². The first-order chi connectivity index (χ1) is 8.71. The van der Waals surface area contributed by atoms with Crippen molar-refractivity contribution in [3.63, 3.8) is 0 Å². The first-order valence-electron chi connectivity index (χ1n) is 5.58. The van der Waals surface area contributed by atoms with Crippen molar-refractivity contribution in [1.82, 2.24) is 5.32 Å². The molecule has 1 amide bonds. The summed E-state index contributed by atoms with van der Waals surface area (Å²) in [5, 5.41) is 11.6. The van der Waals surface area contributed by atoms with Crippen LogP contribution in [0.1, 0.15) is 5.56 Å². The molecule has 0 aromatic heterocycles. The van der Waals surface area contributed by atoms with Gasteiger partial charge < -0.3 is 25.6 Å². The topological polar surface area (TPSA) is 93.8 Å². The first kappa shape index (κ1) is 14.3. The number of amides is 1. The van der Waals surface area contributed by atoms with Gasteiger partial charge in [0.05, 0.1) is 13.7 Å². The third kappa shape index (κ3) is 4.23. The first-order valence-corrected chi connectivity index (χ1v) is 5.58. The highest BCUT2D eigenvalue weighted by atomic mass is 16.5. The Morgan fingerprint density at radius 3 is 2.83 bits per heavy atom. The molecular weight excluding hydrogens is 236 g/mol. The molecule has 1 rings (SSSR count). The highest BCUT2D eigenvalue weighted by Gasteiger charge is 2.08. The van der Waals surface area contributed by atoms with Crippen molar-refractivity contribution in [2.24, 2.45) is 5.73 Å². The number of aliphatic hydroxyl groups excluding tert-OH is 1. The van der Waals surface area contributed by atoms with Crippen LogP contribution in [0.5, 0.6) is 11.5 Å². The number of aliphatic hydroxyl groups is 1. The molecule has 0 fully saturated rings. The van der Waals surface area contributed by atoms with Crippen LogP contribution in [-0.2, 0) is 11.4 Å². The molecule has 0 aliphatic carbocycles. The van der Waals surface area contributed by atoms with Crippen LogP contribution in [0.15, 0.2) is 18.2 Å². The number of hydrogen-bond acceptors (Lipinski definition) is 5. The highest BCUT2D eigenvalue weighted by molar-refractivity contribution is 5.77. The van der Waals surface area contributed by atoms with E-state index in [1.165, 1.54) is 7.11 Å². The van der Waals surface area contributed by atoms with Crippen molar-refractivity contribution in [3.05, 3.63) is 23.8 Å². The van der Waals surface area contributed by atoms with Crippen molar-refractivity contribution in [2.45, 2.75) is 6.61 Å². The number of nitrogens with two attached hydrogens (primary N) is 1. The third-order valence-corrected chi connectivity index (χ3v) is 2.24. The summed E-state index contributed by atoms with van der Waals surface area (Å²) in [6.45, 7) is 0.630. The van der Waals surface area contributed by atoms with Crippen LogP contribution in [-0.4, -0.2) is 37.8 Å².